The van der Waals surface area contributed by atoms with Gasteiger partial charge in [0, 0.05) is 90.5 Å². The molecule has 0 atom stereocenters. The van der Waals surface area contributed by atoms with E-state index in [9.17, 15) is 0 Å². The smallest absolute Gasteiger partial charge is 0.223 e. The van der Waals surface area contributed by atoms with Crippen LogP contribution >= 0.6 is 34.2 Å². The molecule has 1 N–H and O–H groups in total. The number of aryl methyl sites for hydroxylation is 14. The van der Waals surface area contributed by atoms with Gasteiger partial charge in [0.2, 0.25) is 17.7 Å². The standard InChI is InChI=1S/C5H6N2.2C4H6N2O.2C4H6N2S.2C4H6N2.C4H5NO.C4H5NS.C3H5N3.6C2H6.CH4/c1-5-6-3-2-4-7-5;1-3-5-6-4(2)7-3;1-3-5-4(2)7-6-3;1-3-5-6-4(2)7-3;1-3-5-4(2)7-6-3;1-6-4-2-3-5-6;3*1-4-5-2-3-6-4;1-6-3-4-2-5-6;6*1-2;/h2-4H,1H3;4*1-2H3;2-4H,1H3;2-3H,1H3,(H,5,6);3*2-3H,1H3;6*1-2H3;1H4. The molecule has 78 heavy (non-hydrogen) atoms. The molecule has 0 aromatic carbocycles. The number of imidazole rings is 1. The van der Waals surface area contributed by atoms with Crippen LogP contribution in [0.15, 0.2) is 99.4 Å². The number of hydrogen-bond donors (Lipinski definition) is 1. The third-order valence-electron chi connectivity index (χ3n) is 6.12. The monoisotopic (exact) mass is 1140 g/mol. The maximum absolute atomic E-state index is 4.86. The Morgan fingerprint density at radius 2 is 1.08 bits per heavy atom. The van der Waals surface area contributed by atoms with Gasteiger partial charge in [-0.2, -0.15) is 19.6 Å². The summed E-state index contributed by atoms with van der Waals surface area (Å²) in [7, 11) is 3.72. The average molecular weight is 1140 g/mol. The van der Waals surface area contributed by atoms with E-state index in [0.717, 1.165) is 43.4 Å². The van der Waals surface area contributed by atoms with Crippen LogP contribution in [0.3, 0.4) is 0 Å². The average Bonchev–Trinajstić information content (AvgIpc) is 4.29. The summed E-state index contributed by atoms with van der Waals surface area (Å²) in [6.45, 7) is 46.4. The van der Waals surface area contributed by atoms with E-state index in [4.69, 9.17) is 8.83 Å². The van der Waals surface area contributed by atoms with Gasteiger partial charge in [-0.15, -0.1) is 43.1 Å². The number of hydrogen-bond acceptors (Lipinski definition) is 22. The van der Waals surface area contributed by atoms with Crippen molar-refractivity contribution < 1.29 is 13.4 Å². The zero-order valence-electron chi connectivity index (χ0n) is 51.1. The maximum Gasteiger partial charge on any atom is 0.223 e. The zero-order chi connectivity index (χ0) is 60.2. The van der Waals surface area contributed by atoms with Crippen LogP contribution < -0.4 is 0 Å². The Labute approximate surface area is 480 Å². The fraction of sp³-hybridized carbons (Fsp3) is 0.509. The second kappa shape index (κ2) is 64.2. The second-order valence-corrected chi connectivity index (χ2v) is 15.7. The highest BCUT2D eigenvalue weighted by Crippen LogP contribution is 2.04. The Kier molecular flexibility index (Phi) is 69.8. The highest BCUT2D eigenvalue weighted by molar-refractivity contribution is 7.11. The van der Waals surface area contributed by atoms with E-state index in [0.29, 0.717) is 23.5 Å². The number of oxazole rings is 1. The fourth-order valence-electron chi connectivity index (χ4n) is 3.51. The lowest BCUT2D eigenvalue weighted by Crippen LogP contribution is -1.83. The van der Waals surface area contributed by atoms with Crippen molar-refractivity contribution in [2.45, 2.75) is 174 Å². The third kappa shape index (κ3) is 61.4. The van der Waals surface area contributed by atoms with Crippen LogP contribution in [0.25, 0.3) is 0 Å². The van der Waals surface area contributed by atoms with Gasteiger partial charge in [0.05, 0.1) is 11.2 Å². The largest absolute Gasteiger partial charge is 0.449 e. The summed E-state index contributed by atoms with van der Waals surface area (Å²) >= 11 is 4.73. The Morgan fingerprint density at radius 1 is 0.500 bits per heavy atom. The molecule has 0 aliphatic rings. The van der Waals surface area contributed by atoms with Gasteiger partial charge in [-0.05, 0) is 79.1 Å². The van der Waals surface area contributed by atoms with Gasteiger partial charge >= 0.3 is 0 Å². The molecule has 25 heteroatoms. The first-order valence-corrected chi connectivity index (χ1v) is 27.7. The van der Waals surface area contributed by atoms with Crippen molar-refractivity contribution in [3.63, 3.8) is 0 Å². The minimum Gasteiger partial charge on any atom is -0.449 e. The van der Waals surface area contributed by atoms with Crippen molar-refractivity contribution in [1.29, 1.82) is 0 Å². The molecule has 0 amide bonds. The van der Waals surface area contributed by atoms with Gasteiger partial charge < -0.3 is 18.3 Å². The fourth-order valence-corrected chi connectivity index (χ4v) is 5.02. The lowest BCUT2D eigenvalue weighted by molar-refractivity contribution is 0.389. The van der Waals surface area contributed by atoms with Gasteiger partial charge in [-0.25, -0.2) is 29.9 Å². The SMILES string of the molecule is C.CC.CC.CC.CC.CC.CC.Cc1ncc[nH]1.Cc1ncccn1.Cc1ncco1.Cc1nccs1.Cc1nnc(C)o1.Cc1nnc(C)s1.Cc1noc(C)n1.Cc1nsc(C)n1.Cn1cccn1.Cn1cncn1. The Morgan fingerprint density at radius 3 is 1.22 bits per heavy atom. The molecule has 440 valence electrons. The molecule has 0 aliphatic carbocycles. The summed E-state index contributed by atoms with van der Waals surface area (Å²) in [4.78, 5) is 33.7. The number of aromatic amines is 1. The van der Waals surface area contributed by atoms with Gasteiger partial charge in [-0.1, -0.05) is 95.7 Å². The zero-order valence-corrected chi connectivity index (χ0v) is 53.5. The molecule has 10 rings (SSSR count). The first kappa shape index (κ1) is 84.8. The lowest BCUT2D eigenvalue weighted by Gasteiger charge is -1.81. The molecule has 0 fully saturated rings. The van der Waals surface area contributed by atoms with Crippen LogP contribution in [-0.4, -0.2) is 94.3 Å². The molecule has 0 radical (unpaired) electrons. The molecular formula is C53H97N19O3S3. The summed E-state index contributed by atoms with van der Waals surface area (Å²) in [6.07, 6.45) is 18.7. The minimum atomic E-state index is 0. The topological polar surface area (TPSA) is 271 Å². The van der Waals surface area contributed by atoms with Gasteiger partial charge in [0.25, 0.3) is 0 Å². The van der Waals surface area contributed by atoms with E-state index >= 15 is 0 Å². The van der Waals surface area contributed by atoms with Crippen molar-refractivity contribution in [1.82, 2.24) is 94.3 Å². The van der Waals surface area contributed by atoms with Crippen molar-refractivity contribution in [3.05, 3.63) is 153 Å². The van der Waals surface area contributed by atoms with Crippen molar-refractivity contribution >= 4 is 34.2 Å². The highest BCUT2D eigenvalue weighted by Gasteiger charge is 1.91. The third-order valence-corrected chi connectivity index (χ3v) is 8.29. The van der Waals surface area contributed by atoms with Crippen LogP contribution in [0.1, 0.15) is 157 Å². The predicted molar refractivity (Wildman–Crippen MR) is 324 cm³/mol. The van der Waals surface area contributed by atoms with Crippen molar-refractivity contribution in [2.24, 2.45) is 14.1 Å². The molecule has 0 bridgehead atoms. The van der Waals surface area contributed by atoms with Gasteiger partial charge in [0.15, 0.2) is 11.7 Å². The summed E-state index contributed by atoms with van der Waals surface area (Å²) in [6, 6.07) is 3.69. The molecule has 10 aromatic heterocycles. The quantitative estimate of drug-likeness (QED) is 0.148. The normalized spacial score (nSPS) is 8.03. The van der Waals surface area contributed by atoms with E-state index in [1.54, 1.807) is 129 Å². The number of aromatic nitrogens is 19. The summed E-state index contributed by atoms with van der Waals surface area (Å²) in [5.74, 6) is 5.94. The minimum absolute atomic E-state index is 0. The molecule has 10 heterocycles. The molecule has 22 nitrogen and oxygen atoms in total. The number of rotatable bonds is 0. The summed E-state index contributed by atoms with van der Waals surface area (Å²) in [5, 5.41) is 32.1. The second-order valence-electron chi connectivity index (χ2n) is 12.2. The molecule has 0 saturated heterocycles. The van der Waals surface area contributed by atoms with E-state index < -0.39 is 0 Å². The number of H-pyrrole nitrogens is 1. The Balaban J connectivity index is -0.000000140. The molecular weight excluding hydrogens is 1050 g/mol. The first-order chi connectivity index (χ1) is 37.0. The van der Waals surface area contributed by atoms with E-state index in [2.05, 4.69) is 89.5 Å². The number of thiazole rings is 1. The molecule has 10 aromatic rings. The van der Waals surface area contributed by atoms with Crippen LogP contribution in [0.2, 0.25) is 0 Å². The van der Waals surface area contributed by atoms with E-state index in [-0.39, 0.29) is 7.43 Å². The van der Waals surface area contributed by atoms with Crippen molar-refractivity contribution in [3.8, 4) is 0 Å². The van der Waals surface area contributed by atoms with Crippen LogP contribution in [0, 0.1) is 83.1 Å². The maximum atomic E-state index is 4.86. The van der Waals surface area contributed by atoms with Crippen LogP contribution in [0.5, 0.6) is 0 Å². The Hall–Kier alpha value is -7.12. The summed E-state index contributed by atoms with van der Waals surface area (Å²) in [5.41, 5.74) is 0. The van der Waals surface area contributed by atoms with E-state index in [1.807, 2.05) is 163 Å². The van der Waals surface area contributed by atoms with Gasteiger partial charge in [0.1, 0.15) is 51.4 Å². The molecule has 0 unspecified atom stereocenters. The van der Waals surface area contributed by atoms with Crippen LogP contribution in [-0.2, 0) is 14.1 Å². The number of nitrogens with one attached hydrogen (secondary N) is 1. The van der Waals surface area contributed by atoms with Crippen molar-refractivity contribution in [2.75, 3.05) is 0 Å². The number of nitrogens with zero attached hydrogens (tertiary/aromatic N) is 18. The summed E-state index contributed by atoms with van der Waals surface area (Å²) < 4.78 is 21.5. The van der Waals surface area contributed by atoms with Gasteiger partial charge in [-0.3, -0.25) is 14.3 Å². The predicted octanol–water partition coefficient (Wildman–Crippen LogP) is 14.6. The molecule has 0 spiro atoms. The van der Waals surface area contributed by atoms with E-state index in [1.165, 1.54) is 17.9 Å². The first-order valence-electron chi connectivity index (χ1n) is 25.2. The highest BCUT2D eigenvalue weighted by atomic mass is 32.1. The Bertz CT molecular complexity index is 2100. The molecule has 0 aliphatic heterocycles. The molecule has 0 saturated carbocycles. The lowest BCUT2D eigenvalue weighted by atomic mass is 10.6. The van der Waals surface area contributed by atoms with Crippen LogP contribution in [0.4, 0.5) is 0 Å².